The van der Waals surface area contributed by atoms with Crippen molar-refractivity contribution in [2.45, 2.75) is 25.7 Å². The van der Waals surface area contributed by atoms with E-state index < -0.39 is 0 Å². The molecule has 0 aromatic heterocycles. The van der Waals surface area contributed by atoms with Crippen molar-refractivity contribution in [3.63, 3.8) is 0 Å². The van der Waals surface area contributed by atoms with Crippen molar-refractivity contribution in [1.82, 2.24) is 0 Å². The van der Waals surface area contributed by atoms with E-state index in [0.717, 1.165) is 39.8 Å². The number of carbonyl (C=O) groups excluding carboxylic acids is 1. The number of fused-ring (bicyclic) bond motifs is 3. The maximum Gasteiger partial charge on any atom is 0.225 e. The molecular formula is C22H21NO2. The van der Waals surface area contributed by atoms with Crippen molar-refractivity contribution >= 4 is 22.4 Å². The SMILES string of the molecule is CCCOc1ccccc1C1CC(=O)Nc2c1ccc1ccccc21. The van der Waals surface area contributed by atoms with Gasteiger partial charge in [-0.3, -0.25) is 4.79 Å². The average molecular weight is 331 g/mol. The predicted octanol–water partition coefficient (Wildman–Crippen LogP) is 5.10. The van der Waals surface area contributed by atoms with Crippen LogP contribution in [0.4, 0.5) is 5.69 Å². The number of ether oxygens (including phenoxy) is 1. The second-order valence-electron chi connectivity index (χ2n) is 6.44. The molecule has 3 heteroatoms. The number of benzene rings is 3. The van der Waals surface area contributed by atoms with Crippen molar-refractivity contribution in [1.29, 1.82) is 0 Å². The largest absolute Gasteiger partial charge is 0.493 e. The first-order valence-electron chi connectivity index (χ1n) is 8.81. The van der Waals surface area contributed by atoms with Gasteiger partial charge in [0.15, 0.2) is 0 Å². The van der Waals surface area contributed by atoms with Gasteiger partial charge in [-0.1, -0.05) is 61.5 Å². The van der Waals surface area contributed by atoms with Crippen molar-refractivity contribution in [3.05, 3.63) is 71.8 Å². The van der Waals surface area contributed by atoms with E-state index in [-0.39, 0.29) is 11.8 Å². The van der Waals surface area contributed by atoms with Gasteiger partial charge in [-0.2, -0.15) is 0 Å². The molecule has 1 heterocycles. The molecule has 1 N–H and O–H groups in total. The Balaban J connectivity index is 1.86. The van der Waals surface area contributed by atoms with Crippen LogP contribution in [0.15, 0.2) is 60.7 Å². The first kappa shape index (κ1) is 15.7. The summed E-state index contributed by atoms with van der Waals surface area (Å²) in [5.41, 5.74) is 3.18. The molecule has 126 valence electrons. The van der Waals surface area contributed by atoms with Crippen LogP contribution in [-0.4, -0.2) is 12.5 Å². The zero-order valence-electron chi connectivity index (χ0n) is 14.3. The van der Waals surface area contributed by atoms with E-state index in [1.54, 1.807) is 0 Å². The standard InChI is InChI=1S/C22H21NO2/c1-2-13-25-20-10-6-5-9-17(20)19-14-21(24)23-22-16-8-4-3-7-15(16)11-12-18(19)22/h3-12,19H,2,13-14H2,1H3,(H,23,24). The molecule has 0 radical (unpaired) electrons. The first-order valence-corrected chi connectivity index (χ1v) is 8.81. The van der Waals surface area contributed by atoms with E-state index in [4.69, 9.17) is 4.74 Å². The van der Waals surface area contributed by atoms with Crippen LogP contribution in [0.3, 0.4) is 0 Å². The molecule has 1 aliphatic heterocycles. The fourth-order valence-corrected chi connectivity index (χ4v) is 3.59. The van der Waals surface area contributed by atoms with Crippen LogP contribution < -0.4 is 10.1 Å². The van der Waals surface area contributed by atoms with Gasteiger partial charge in [0.2, 0.25) is 5.91 Å². The maximum atomic E-state index is 12.4. The molecule has 0 fully saturated rings. The number of para-hydroxylation sites is 1. The molecule has 25 heavy (non-hydrogen) atoms. The third kappa shape index (κ3) is 2.86. The van der Waals surface area contributed by atoms with Gasteiger partial charge in [0, 0.05) is 23.3 Å². The summed E-state index contributed by atoms with van der Waals surface area (Å²) in [6.45, 7) is 2.78. The topological polar surface area (TPSA) is 38.3 Å². The van der Waals surface area contributed by atoms with E-state index in [1.165, 1.54) is 0 Å². The fourth-order valence-electron chi connectivity index (χ4n) is 3.59. The highest BCUT2D eigenvalue weighted by Gasteiger charge is 2.29. The minimum Gasteiger partial charge on any atom is -0.493 e. The van der Waals surface area contributed by atoms with E-state index in [0.29, 0.717) is 13.0 Å². The van der Waals surface area contributed by atoms with Crippen LogP contribution in [-0.2, 0) is 4.79 Å². The molecule has 3 aromatic rings. The lowest BCUT2D eigenvalue weighted by Crippen LogP contribution is -2.24. The van der Waals surface area contributed by atoms with Gasteiger partial charge in [-0.15, -0.1) is 0 Å². The Kier molecular flexibility index (Phi) is 4.14. The van der Waals surface area contributed by atoms with Gasteiger partial charge in [0.25, 0.3) is 0 Å². The molecule has 0 spiro atoms. The molecule has 3 nitrogen and oxygen atoms in total. The summed E-state index contributed by atoms with van der Waals surface area (Å²) in [6, 6.07) is 20.5. The lowest BCUT2D eigenvalue weighted by molar-refractivity contribution is -0.116. The van der Waals surface area contributed by atoms with Gasteiger partial charge in [-0.05, 0) is 23.4 Å². The Bertz CT molecular complexity index is 932. The molecule has 1 unspecified atom stereocenters. The molecule has 3 aromatic carbocycles. The summed E-state index contributed by atoms with van der Waals surface area (Å²) >= 11 is 0. The van der Waals surface area contributed by atoms with Crippen molar-refractivity contribution < 1.29 is 9.53 Å². The van der Waals surface area contributed by atoms with E-state index in [1.807, 2.05) is 30.3 Å². The summed E-state index contributed by atoms with van der Waals surface area (Å²) in [7, 11) is 0. The quantitative estimate of drug-likeness (QED) is 0.722. The Hall–Kier alpha value is -2.81. The zero-order valence-corrected chi connectivity index (χ0v) is 14.3. The van der Waals surface area contributed by atoms with Crippen molar-refractivity contribution in [2.24, 2.45) is 0 Å². The van der Waals surface area contributed by atoms with Crippen LogP contribution in [0.5, 0.6) is 5.75 Å². The summed E-state index contributed by atoms with van der Waals surface area (Å²) in [5.74, 6) is 0.948. The lowest BCUT2D eigenvalue weighted by atomic mass is 9.83. The van der Waals surface area contributed by atoms with Gasteiger partial charge < -0.3 is 10.1 Å². The van der Waals surface area contributed by atoms with E-state index in [9.17, 15) is 4.79 Å². The van der Waals surface area contributed by atoms with Gasteiger partial charge in [0.05, 0.1) is 12.3 Å². The van der Waals surface area contributed by atoms with Crippen LogP contribution in [0.2, 0.25) is 0 Å². The molecule has 0 bridgehead atoms. The lowest BCUT2D eigenvalue weighted by Gasteiger charge is -2.28. The highest BCUT2D eigenvalue weighted by atomic mass is 16.5. The number of amides is 1. The van der Waals surface area contributed by atoms with Gasteiger partial charge in [-0.25, -0.2) is 0 Å². The molecule has 0 aliphatic carbocycles. The molecule has 0 saturated carbocycles. The highest BCUT2D eigenvalue weighted by Crippen LogP contribution is 2.43. The van der Waals surface area contributed by atoms with Crippen LogP contribution in [0, 0.1) is 0 Å². The van der Waals surface area contributed by atoms with E-state index >= 15 is 0 Å². The number of hydrogen-bond acceptors (Lipinski definition) is 2. The number of carbonyl (C=O) groups is 1. The van der Waals surface area contributed by atoms with Gasteiger partial charge in [0.1, 0.15) is 5.75 Å². The molecule has 1 aliphatic rings. The summed E-state index contributed by atoms with van der Waals surface area (Å²) in [4.78, 5) is 12.4. The van der Waals surface area contributed by atoms with E-state index in [2.05, 4.69) is 42.6 Å². The number of anilines is 1. The minimum absolute atomic E-state index is 0.0152. The second kappa shape index (κ2) is 6.60. The molecular weight excluding hydrogens is 310 g/mol. The third-order valence-corrected chi connectivity index (χ3v) is 4.75. The molecule has 1 amide bonds. The predicted molar refractivity (Wildman–Crippen MR) is 101 cm³/mol. The summed E-state index contributed by atoms with van der Waals surface area (Å²) in [6.07, 6.45) is 1.40. The smallest absolute Gasteiger partial charge is 0.225 e. The van der Waals surface area contributed by atoms with Crippen LogP contribution in [0.1, 0.15) is 36.8 Å². The van der Waals surface area contributed by atoms with Gasteiger partial charge >= 0.3 is 0 Å². The summed E-state index contributed by atoms with van der Waals surface area (Å²) in [5, 5.41) is 5.31. The maximum absolute atomic E-state index is 12.4. The third-order valence-electron chi connectivity index (χ3n) is 4.75. The number of hydrogen-bond donors (Lipinski definition) is 1. The van der Waals surface area contributed by atoms with Crippen molar-refractivity contribution in [2.75, 3.05) is 11.9 Å². The normalized spacial score (nSPS) is 16.4. The highest BCUT2D eigenvalue weighted by molar-refractivity contribution is 6.06. The Morgan fingerprint density at radius 3 is 2.68 bits per heavy atom. The Morgan fingerprint density at radius 2 is 1.80 bits per heavy atom. The zero-order chi connectivity index (χ0) is 17.2. The molecule has 4 rings (SSSR count). The monoisotopic (exact) mass is 331 g/mol. The fraction of sp³-hybridized carbons (Fsp3) is 0.227. The Labute approximate surface area is 147 Å². The Morgan fingerprint density at radius 1 is 1.00 bits per heavy atom. The van der Waals surface area contributed by atoms with Crippen molar-refractivity contribution in [3.8, 4) is 5.75 Å². The molecule has 0 saturated heterocycles. The summed E-state index contributed by atoms with van der Waals surface area (Å²) < 4.78 is 5.95. The van der Waals surface area contributed by atoms with Crippen LogP contribution in [0.25, 0.3) is 10.8 Å². The first-order chi connectivity index (χ1) is 12.3. The average Bonchev–Trinajstić information content (AvgIpc) is 2.66. The second-order valence-corrected chi connectivity index (χ2v) is 6.44. The number of rotatable bonds is 4. The molecule has 1 atom stereocenters. The minimum atomic E-state index is 0.0152. The number of nitrogens with one attached hydrogen (secondary N) is 1. The van der Waals surface area contributed by atoms with Crippen LogP contribution >= 0.6 is 0 Å².